The minimum Gasteiger partial charge on any atom is -0.314 e. The van der Waals surface area contributed by atoms with Crippen molar-refractivity contribution in [1.82, 2.24) is 5.32 Å². The summed E-state index contributed by atoms with van der Waals surface area (Å²) in [5, 5.41) is 2.99. The molecule has 0 spiro atoms. The fourth-order valence-corrected chi connectivity index (χ4v) is 0.322. The highest BCUT2D eigenvalue weighted by Gasteiger charge is 1.82. The fourth-order valence-electron chi connectivity index (χ4n) is 0.322. The first-order chi connectivity index (χ1) is 2.77. The van der Waals surface area contributed by atoms with Crippen molar-refractivity contribution in [2.75, 3.05) is 6.54 Å². The molecule has 0 amide bonds. The summed E-state index contributed by atoms with van der Waals surface area (Å²) in [4.78, 5) is 0. The predicted octanol–water partition coefficient (Wildman–Crippen LogP) is 0.695. The molecule has 6 heavy (non-hydrogen) atoms. The van der Waals surface area contributed by atoms with E-state index in [1.807, 2.05) is 13.8 Å². The molecular formula is C5H11N. The molecule has 1 unspecified atom stereocenters. The van der Waals surface area contributed by atoms with Crippen LogP contribution in [0.2, 0.25) is 0 Å². The third-order valence-electron chi connectivity index (χ3n) is 0.526. The first-order valence-electron chi connectivity index (χ1n) is 2.26. The molecule has 0 heterocycles. The van der Waals surface area contributed by atoms with Crippen LogP contribution in [0.25, 0.3) is 0 Å². The molecule has 0 saturated heterocycles. The minimum absolute atomic E-state index is 0.148. The molecule has 0 aliphatic heterocycles. The van der Waals surface area contributed by atoms with Gasteiger partial charge in [0, 0.05) is 6.04 Å². The number of nitrogens with one attached hydrogen (secondary N) is 1. The summed E-state index contributed by atoms with van der Waals surface area (Å²) in [6.45, 7) is 10.2. The van der Waals surface area contributed by atoms with Crippen LogP contribution in [0.5, 0.6) is 0 Å². The van der Waals surface area contributed by atoms with Crippen molar-refractivity contribution in [1.29, 1.82) is 0 Å². The highest BCUT2D eigenvalue weighted by molar-refractivity contribution is 4.57. The molecule has 0 aliphatic rings. The van der Waals surface area contributed by atoms with Gasteiger partial charge >= 0.3 is 0 Å². The van der Waals surface area contributed by atoms with Crippen LogP contribution in [0.3, 0.4) is 0 Å². The van der Waals surface area contributed by atoms with Crippen molar-refractivity contribution < 1.29 is 0 Å². The quantitative estimate of drug-likeness (QED) is 0.520. The lowest BCUT2D eigenvalue weighted by molar-refractivity contribution is 0.658. The average molecular weight is 85.1 g/mol. The first kappa shape index (κ1) is 5.96. The van der Waals surface area contributed by atoms with Crippen LogP contribution >= 0.6 is 0 Å². The zero-order valence-electron chi connectivity index (χ0n) is 4.36. The van der Waals surface area contributed by atoms with Crippen molar-refractivity contribution in [3.8, 4) is 0 Å². The van der Waals surface area contributed by atoms with E-state index in [-0.39, 0.29) is 6.04 Å². The molecule has 0 fully saturated rings. The summed E-state index contributed by atoms with van der Waals surface area (Å²) >= 11 is 0. The van der Waals surface area contributed by atoms with Crippen LogP contribution in [0, 0.1) is 6.92 Å². The van der Waals surface area contributed by atoms with E-state index in [0.29, 0.717) is 0 Å². The van der Waals surface area contributed by atoms with Crippen molar-refractivity contribution in [2.24, 2.45) is 0 Å². The standard InChI is InChI=1S/C5H11N/c1-4-6-5(2)3/h2,5-6H,4H2,1,3H3. The molecule has 1 nitrogen and oxygen atoms in total. The van der Waals surface area contributed by atoms with Crippen molar-refractivity contribution in [3.05, 3.63) is 6.92 Å². The Hall–Kier alpha value is -0.0400. The molecule has 1 heteroatoms. The van der Waals surface area contributed by atoms with Crippen LogP contribution in [-0.4, -0.2) is 12.6 Å². The Kier molecular flexibility index (Phi) is 3.14. The number of hydrogen-bond acceptors (Lipinski definition) is 1. The van der Waals surface area contributed by atoms with Gasteiger partial charge in [0.05, 0.1) is 0 Å². The van der Waals surface area contributed by atoms with Crippen LogP contribution in [0.15, 0.2) is 0 Å². The van der Waals surface area contributed by atoms with Gasteiger partial charge < -0.3 is 5.32 Å². The summed E-state index contributed by atoms with van der Waals surface area (Å²) in [6, 6.07) is 0.148. The molecule has 0 aromatic carbocycles. The van der Waals surface area contributed by atoms with Gasteiger partial charge in [0.15, 0.2) is 0 Å². The Labute approximate surface area is 39.7 Å². The van der Waals surface area contributed by atoms with Gasteiger partial charge in [-0.2, -0.15) is 0 Å². The van der Waals surface area contributed by atoms with Gasteiger partial charge in [-0.25, -0.2) is 0 Å². The zero-order valence-corrected chi connectivity index (χ0v) is 4.36. The highest BCUT2D eigenvalue weighted by Crippen LogP contribution is 1.69. The van der Waals surface area contributed by atoms with E-state index in [9.17, 15) is 0 Å². The number of rotatable bonds is 2. The lowest BCUT2D eigenvalue weighted by Gasteiger charge is -2.00. The van der Waals surface area contributed by atoms with E-state index < -0.39 is 0 Å². The molecule has 36 valence electrons. The maximum absolute atomic E-state index is 5.29. The summed E-state index contributed by atoms with van der Waals surface area (Å²) in [5.41, 5.74) is 0. The maximum atomic E-state index is 5.29. The third kappa shape index (κ3) is 3.96. The summed E-state index contributed by atoms with van der Waals surface area (Å²) in [5.74, 6) is 0. The minimum atomic E-state index is 0.148. The van der Waals surface area contributed by atoms with E-state index in [4.69, 9.17) is 6.92 Å². The molecule has 0 saturated carbocycles. The SMILES string of the molecule is [CH]C(C)NCC. The normalized spacial score (nSPS) is 10.0. The fraction of sp³-hybridized carbons (Fsp3) is 0.800. The van der Waals surface area contributed by atoms with Gasteiger partial charge in [-0.1, -0.05) is 6.92 Å². The van der Waals surface area contributed by atoms with E-state index >= 15 is 0 Å². The Morgan fingerprint density at radius 1 is 1.83 bits per heavy atom. The van der Waals surface area contributed by atoms with Crippen LogP contribution in [0.1, 0.15) is 13.8 Å². The Bertz CT molecular complexity index is 25.1. The van der Waals surface area contributed by atoms with Gasteiger partial charge in [-0.15, -0.1) is 0 Å². The van der Waals surface area contributed by atoms with Crippen molar-refractivity contribution in [3.63, 3.8) is 0 Å². The van der Waals surface area contributed by atoms with Gasteiger partial charge in [0.2, 0.25) is 0 Å². The molecule has 0 bridgehead atoms. The van der Waals surface area contributed by atoms with E-state index in [0.717, 1.165) is 6.54 Å². The van der Waals surface area contributed by atoms with Crippen LogP contribution < -0.4 is 5.32 Å². The second-order valence-electron chi connectivity index (χ2n) is 1.35. The van der Waals surface area contributed by atoms with E-state index in [1.165, 1.54) is 0 Å². The van der Waals surface area contributed by atoms with Crippen molar-refractivity contribution in [2.45, 2.75) is 19.9 Å². The smallest absolute Gasteiger partial charge is 0.00735 e. The molecule has 0 aromatic heterocycles. The van der Waals surface area contributed by atoms with Gasteiger partial charge in [-0.3, -0.25) is 0 Å². The van der Waals surface area contributed by atoms with Gasteiger partial charge in [-0.05, 0) is 20.4 Å². The van der Waals surface area contributed by atoms with Gasteiger partial charge in [0.1, 0.15) is 0 Å². The molecule has 2 radical (unpaired) electrons. The van der Waals surface area contributed by atoms with Crippen LogP contribution in [-0.2, 0) is 0 Å². The second kappa shape index (κ2) is 3.16. The third-order valence-corrected chi connectivity index (χ3v) is 0.526. The van der Waals surface area contributed by atoms with Gasteiger partial charge in [0.25, 0.3) is 0 Å². The zero-order chi connectivity index (χ0) is 4.99. The lowest BCUT2D eigenvalue weighted by Crippen LogP contribution is -2.21. The Morgan fingerprint density at radius 3 is 2.33 bits per heavy atom. The van der Waals surface area contributed by atoms with Crippen molar-refractivity contribution >= 4 is 0 Å². The maximum Gasteiger partial charge on any atom is 0.00735 e. The highest BCUT2D eigenvalue weighted by atomic mass is 14.9. The summed E-state index contributed by atoms with van der Waals surface area (Å²) < 4.78 is 0. The summed E-state index contributed by atoms with van der Waals surface area (Å²) in [7, 11) is 0. The number of hydrogen-bond donors (Lipinski definition) is 1. The Balaban J connectivity index is 2.63. The predicted molar refractivity (Wildman–Crippen MR) is 27.4 cm³/mol. The molecule has 0 aliphatic carbocycles. The largest absolute Gasteiger partial charge is 0.314 e. The van der Waals surface area contributed by atoms with E-state index in [2.05, 4.69) is 5.32 Å². The monoisotopic (exact) mass is 85.1 g/mol. The lowest BCUT2D eigenvalue weighted by atomic mass is 10.4. The van der Waals surface area contributed by atoms with Crippen LogP contribution in [0.4, 0.5) is 0 Å². The van der Waals surface area contributed by atoms with E-state index in [1.54, 1.807) is 0 Å². The molecule has 1 N–H and O–H groups in total. The second-order valence-corrected chi connectivity index (χ2v) is 1.35. The topological polar surface area (TPSA) is 12.0 Å². The summed E-state index contributed by atoms with van der Waals surface area (Å²) in [6.07, 6.45) is 0. The molecule has 1 atom stereocenters. The molecule has 0 aromatic rings. The molecule has 0 rings (SSSR count). The molecular weight excluding hydrogens is 74.1 g/mol. The average Bonchev–Trinajstić information content (AvgIpc) is 1.35. The Morgan fingerprint density at radius 2 is 2.33 bits per heavy atom. The first-order valence-corrected chi connectivity index (χ1v) is 2.26.